The minimum absolute atomic E-state index is 0.180. The van der Waals surface area contributed by atoms with Gasteiger partial charge in [-0.25, -0.2) is 0 Å². The number of carbonyl (C=O) groups is 1. The van der Waals surface area contributed by atoms with Crippen molar-refractivity contribution in [3.05, 3.63) is 39.8 Å². The van der Waals surface area contributed by atoms with Crippen LogP contribution in [-0.4, -0.2) is 15.6 Å². The molecule has 0 spiro atoms. The van der Waals surface area contributed by atoms with Crippen LogP contribution in [0.3, 0.4) is 0 Å². The topological polar surface area (TPSA) is 58.7 Å². The Bertz CT molecular complexity index is 577. The Kier molecular flexibility index (Phi) is 3.07. The Hall–Kier alpha value is -1.93. The van der Waals surface area contributed by atoms with Crippen LogP contribution in [-0.2, 0) is 7.05 Å². The van der Waals surface area contributed by atoms with Crippen molar-refractivity contribution < 1.29 is 4.79 Å². The molecule has 1 atom stereocenters. The van der Waals surface area contributed by atoms with Crippen molar-refractivity contribution in [3.8, 4) is 6.07 Å². The molecule has 0 saturated carbocycles. The molecule has 5 heteroatoms. The third-order valence-electron chi connectivity index (χ3n) is 2.50. The number of aromatic nitrogens is 2. The van der Waals surface area contributed by atoms with Crippen molar-refractivity contribution in [2.45, 2.75) is 12.8 Å². The van der Waals surface area contributed by atoms with Crippen molar-refractivity contribution in [3.63, 3.8) is 0 Å². The molecule has 17 heavy (non-hydrogen) atoms. The molecular formula is C12H11N3OS. The lowest BCUT2D eigenvalue weighted by molar-refractivity contribution is 0.0979. The maximum absolute atomic E-state index is 12.2. The molecule has 0 aliphatic heterocycles. The number of aryl methyl sites for hydroxylation is 2. The molecule has 2 aromatic rings. The molecule has 0 amide bonds. The van der Waals surface area contributed by atoms with Gasteiger partial charge in [0.25, 0.3) is 0 Å². The van der Waals surface area contributed by atoms with Gasteiger partial charge in [0, 0.05) is 18.1 Å². The third-order valence-corrected chi connectivity index (χ3v) is 3.44. The smallest absolute Gasteiger partial charge is 0.188 e. The molecule has 0 bridgehead atoms. The molecule has 0 saturated heterocycles. The van der Waals surface area contributed by atoms with Gasteiger partial charge in [-0.3, -0.25) is 9.48 Å². The Balaban J connectivity index is 2.37. The van der Waals surface area contributed by atoms with E-state index in [2.05, 4.69) is 11.2 Å². The standard InChI is InChI=1S/C12H11N3OS/c1-8-10(7-15(2)14-8)12(16)9(6-13)11-4-3-5-17-11/h3-5,7,9H,1-2H3. The van der Waals surface area contributed by atoms with Gasteiger partial charge in [0.15, 0.2) is 5.78 Å². The summed E-state index contributed by atoms with van der Waals surface area (Å²) in [6.45, 7) is 1.77. The van der Waals surface area contributed by atoms with E-state index < -0.39 is 5.92 Å². The summed E-state index contributed by atoms with van der Waals surface area (Å²) in [4.78, 5) is 13.0. The summed E-state index contributed by atoms with van der Waals surface area (Å²) in [7, 11) is 1.76. The van der Waals surface area contributed by atoms with E-state index in [-0.39, 0.29) is 5.78 Å². The predicted octanol–water partition coefficient (Wildman–Crippen LogP) is 2.28. The number of nitrogens with zero attached hydrogens (tertiary/aromatic N) is 3. The van der Waals surface area contributed by atoms with Crippen LogP contribution in [0.2, 0.25) is 0 Å². The van der Waals surface area contributed by atoms with E-state index in [4.69, 9.17) is 5.26 Å². The first-order chi connectivity index (χ1) is 8.13. The zero-order chi connectivity index (χ0) is 12.4. The molecule has 2 aromatic heterocycles. The average molecular weight is 245 g/mol. The molecule has 2 rings (SSSR count). The second kappa shape index (κ2) is 4.52. The fraction of sp³-hybridized carbons (Fsp3) is 0.250. The highest BCUT2D eigenvalue weighted by molar-refractivity contribution is 7.10. The summed E-state index contributed by atoms with van der Waals surface area (Å²) in [6.07, 6.45) is 1.66. The highest BCUT2D eigenvalue weighted by atomic mass is 32.1. The Morgan fingerprint density at radius 2 is 2.41 bits per heavy atom. The summed E-state index contributed by atoms with van der Waals surface area (Å²) >= 11 is 1.42. The van der Waals surface area contributed by atoms with Crippen molar-refractivity contribution in [1.82, 2.24) is 9.78 Å². The van der Waals surface area contributed by atoms with Gasteiger partial charge in [-0.05, 0) is 18.4 Å². The van der Waals surface area contributed by atoms with E-state index in [9.17, 15) is 4.79 Å². The number of nitriles is 1. The fourth-order valence-electron chi connectivity index (χ4n) is 1.70. The van der Waals surface area contributed by atoms with E-state index in [0.717, 1.165) is 4.88 Å². The number of hydrogen-bond acceptors (Lipinski definition) is 4. The Morgan fingerprint density at radius 3 is 2.88 bits per heavy atom. The van der Waals surface area contributed by atoms with Crippen LogP contribution in [0.5, 0.6) is 0 Å². The van der Waals surface area contributed by atoms with Crippen molar-refractivity contribution in [2.24, 2.45) is 7.05 Å². The maximum Gasteiger partial charge on any atom is 0.188 e. The molecule has 0 N–H and O–H groups in total. The quantitative estimate of drug-likeness (QED) is 0.779. The summed E-state index contributed by atoms with van der Waals surface area (Å²) in [5.41, 5.74) is 1.18. The minimum atomic E-state index is -0.724. The molecule has 4 nitrogen and oxygen atoms in total. The molecule has 0 aliphatic rings. The predicted molar refractivity (Wildman–Crippen MR) is 64.9 cm³/mol. The fourth-order valence-corrected chi connectivity index (χ4v) is 2.47. The molecule has 2 heterocycles. The van der Waals surface area contributed by atoms with E-state index in [1.54, 1.807) is 24.9 Å². The largest absolute Gasteiger partial charge is 0.292 e. The van der Waals surface area contributed by atoms with Gasteiger partial charge in [0.05, 0.1) is 17.3 Å². The Labute approximate surface area is 103 Å². The highest BCUT2D eigenvalue weighted by Crippen LogP contribution is 2.25. The molecule has 0 radical (unpaired) electrons. The number of rotatable bonds is 3. The lowest BCUT2D eigenvalue weighted by Crippen LogP contribution is -2.10. The first-order valence-corrected chi connectivity index (χ1v) is 5.99. The lowest BCUT2D eigenvalue weighted by atomic mass is 9.98. The maximum atomic E-state index is 12.2. The van der Waals surface area contributed by atoms with Crippen LogP contribution >= 0.6 is 11.3 Å². The molecule has 0 aromatic carbocycles. The SMILES string of the molecule is Cc1nn(C)cc1C(=O)C(C#N)c1cccs1. The number of thiophene rings is 1. The number of ketones is 1. The van der Waals surface area contributed by atoms with E-state index in [0.29, 0.717) is 11.3 Å². The van der Waals surface area contributed by atoms with E-state index >= 15 is 0 Å². The Morgan fingerprint density at radius 1 is 1.65 bits per heavy atom. The van der Waals surface area contributed by atoms with Gasteiger partial charge in [0.1, 0.15) is 5.92 Å². The summed E-state index contributed by atoms with van der Waals surface area (Å²) < 4.78 is 1.59. The van der Waals surface area contributed by atoms with Crippen LogP contribution in [0, 0.1) is 18.3 Å². The van der Waals surface area contributed by atoms with Crippen molar-refractivity contribution >= 4 is 17.1 Å². The summed E-state index contributed by atoms with van der Waals surface area (Å²) in [5.74, 6) is -0.904. The highest BCUT2D eigenvalue weighted by Gasteiger charge is 2.25. The van der Waals surface area contributed by atoms with Gasteiger partial charge < -0.3 is 0 Å². The van der Waals surface area contributed by atoms with E-state index in [1.807, 2.05) is 17.5 Å². The van der Waals surface area contributed by atoms with Gasteiger partial charge in [-0.1, -0.05) is 6.07 Å². The normalized spacial score (nSPS) is 12.1. The van der Waals surface area contributed by atoms with Crippen molar-refractivity contribution in [2.75, 3.05) is 0 Å². The van der Waals surface area contributed by atoms with Crippen molar-refractivity contribution in [1.29, 1.82) is 5.26 Å². The minimum Gasteiger partial charge on any atom is -0.292 e. The van der Waals surface area contributed by atoms with Crippen LogP contribution in [0.25, 0.3) is 0 Å². The second-order valence-corrected chi connectivity index (χ2v) is 4.72. The van der Waals surface area contributed by atoms with Gasteiger partial charge >= 0.3 is 0 Å². The third kappa shape index (κ3) is 2.12. The number of hydrogen-bond donors (Lipinski definition) is 0. The van der Waals surface area contributed by atoms with Crippen LogP contribution in [0.4, 0.5) is 0 Å². The second-order valence-electron chi connectivity index (χ2n) is 3.74. The monoisotopic (exact) mass is 245 g/mol. The first kappa shape index (κ1) is 11.6. The lowest BCUT2D eigenvalue weighted by Gasteiger charge is -2.04. The summed E-state index contributed by atoms with van der Waals surface area (Å²) in [6, 6.07) is 5.71. The van der Waals surface area contributed by atoms with Gasteiger partial charge in [0.2, 0.25) is 0 Å². The van der Waals surface area contributed by atoms with Gasteiger partial charge in [-0.2, -0.15) is 10.4 Å². The zero-order valence-corrected chi connectivity index (χ0v) is 10.4. The first-order valence-electron chi connectivity index (χ1n) is 5.11. The molecular weight excluding hydrogens is 234 g/mol. The van der Waals surface area contributed by atoms with Crippen LogP contribution in [0.1, 0.15) is 26.8 Å². The summed E-state index contributed by atoms with van der Waals surface area (Å²) in [5, 5.41) is 15.1. The molecule has 1 unspecified atom stereocenters. The molecule has 0 fully saturated rings. The number of Topliss-reactive ketones (excluding diaryl/α,β-unsaturated/α-hetero) is 1. The molecule has 86 valence electrons. The van der Waals surface area contributed by atoms with Crippen LogP contribution in [0.15, 0.2) is 23.7 Å². The number of carbonyl (C=O) groups excluding carboxylic acids is 1. The molecule has 0 aliphatic carbocycles. The van der Waals surface area contributed by atoms with E-state index in [1.165, 1.54) is 11.3 Å². The van der Waals surface area contributed by atoms with Gasteiger partial charge in [-0.15, -0.1) is 11.3 Å². The average Bonchev–Trinajstić information content (AvgIpc) is 2.89. The van der Waals surface area contributed by atoms with Crippen LogP contribution < -0.4 is 0 Å². The zero-order valence-electron chi connectivity index (χ0n) is 9.54.